The van der Waals surface area contributed by atoms with E-state index in [1.54, 1.807) is 12.4 Å². The van der Waals surface area contributed by atoms with E-state index in [1.807, 2.05) is 11.0 Å². The van der Waals surface area contributed by atoms with Crippen LogP contribution in [0.1, 0.15) is 36.0 Å². The van der Waals surface area contributed by atoms with Crippen LogP contribution >= 0.6 is 27.5 Å². The van der Waals surface area contributed by atoms with Crippen LogP contribution in [0.25, 0.3) is 0 Å². The highest BCUT2D eigenvalue weighted by atomic mass is 79.9. The Balaban J connectivity index is 2.15. The van der Waals surface area contributed by atoms with Crippen molar-refractivity contribution in [1.29, 1.82) is 0 Å². The van der Waals surface area contributed by atoms with Gasteiger partial charge < -0.3 is 4.90 Å². The van der Waals surface area contributed by atoms with Crippen LogP contribution < -0.4 is 0 Å². The molecule has 1 atom stereocenters. The number of hydrogen-bond acceptors (Lipinski definition) is 2. The Labute approximate surface area is 121 Å². The van der Waals surface area contributed by atoms with Gasteiger partial charge in [-0.15, -0.1) is 11.6 Å². The Morgan fingerprint density at radius 3 is 3.06 bits per heavy atom. The van der Waals surface area contributed by atoms with E-state index in [9.17, 15) is 4.79 Å². The third-order valence-electron chi connectivity index (χ3n) is 3.28. The second-order valence-electron chi connectivity index (χ2n) is 4.52. The van der Waals surface area contributed by atoms with E-state index in [4.69, 9.17) is 11.6 Å². The quantitative estimate of drug-likeness (QED) is 0.795. The van der Waals surface area contributed by atoms with E-state index < -0.39 is 0 Å². The number of amides is 1. The Morgan fingerprint density at radius 1 is 1.50 bits per heavy atom. The summed E-state index contributed by atoms with van der Waals surface area (Å²) in [5.74, 6) is 0.671. The molecule has 0 radical (unpaired) electrons. The van der Waals surface area contributed by atoms with E-state index in [0.29, 0.717) is 11.4 Å². The SMILES string of the molecule is O=C(c1cncc(Br)c1)N1CCCCC1CCCl. The molecule has 2 heterocycles. The van der Waals surface area contributed by atoms with Crippen molar-refractivity contribution in [1.82, 2.24) is 9.88 Å². The van der Waals surface area contributed by atoms with Gasteiger partial charge in [-0.25, -0.2) is 0 Å². The van der Waals surface area contributed by atoms with Crippen LogP contribution in [0.2, 0.25) is 0 Å². The molecular weight excluding hydrogens is 316 g/mol. The minimum Gasteiger partial charge on any atom is -0.336 e. The van der Waals surface area contributed by atoms with Crippen molar-refractivity contribution in [3.05, 3.63) is 28.5 Å². The lowest BCUT2D eigenvalue weighted by Crippen LogP contribution is -2.44. The standard InChI is InChI=1S/C13H16BrClN2O/c14-11-7-10(8-16-9-11)13(18)17-6-2-1-3-12(17)4-5-15/h7-9,12H,1-6H2. The number of nitrogens with zero attached hydrogens (tertiary/aromatic N) is 2. The highest BCUT2D eigenvalue weighted by Crippen LogP contribution is 2.23. The maximum absolute atomic E-state index is 12.5. The number of aromatic nitrogens is 1. The molecule has 1 aromatic rings. The summed E-state index contributed by atoms with van der Waals surface area (Å²) in [4.78, 5) is 18.5. The molecule has 0 aromatic carbocycles. The lowest BCUT2D eigenvalue weighted by molar-refractivity contribution is 0.0608. The number of rotatable bonds is 3. The summed E-state index contributed by atoms with van der Waals surface area (Å²) in [6, 6.07) is 2.10. The molecule has 1 fully saturated rings. The molecule has 0 saturated carbocycles. The van der Waals surface area contributed by atoms with Crippen molar-refractivity contribution >= 4 is 33.4 Å². The van der Waals surface area contributed by atoms with Gasteiger partial charge in [0.25, 0.3) is 5.91 Å². The van der Waals surface area contributed by atoms with Crippen molar-refractivity contribution in [2.24, 2.45) is 0 Å². The number of likely N-dealkylation sites (tertiary alicyclic amines) is 1. The topological polar surface area (TPSA) is 33.2 Å². The Morgan fingerprint density at radius 2 is 2.33 bits per heavy atom. The molecule has 1 saturated heterocycles. The predicted octanol–water partition coefficient (Wildman–Crippen LogP) is 3.47. The summed E-state index contributed by atoms with van der Waals surface area (Å²) in [5, 5.41) is 0. The van der Waals surface area contributed by atoms with Crippen LogP contribution in [0.5, 0.6) is 0 Å². The lowest BCUT2D eigenvalue weighted by Gasteiger charge is -2.35. The van der Waals surface area contributed by atoms with Crippen molar-refractivity contribution in [2.75, 3.05) is 12.4 Å². The number of pyridine rings is 1. The van der Waals surface area contributed by atoms with E-state index >= 15 is 0 Å². The molecule has 1 amide bonds. The number of hydrogen-bond donors (Lipinski definition) is 0. The minimum absolute atomic E-state index is 0.0682. The van der Waals surface area contributed by atoms with Gasteiger partial charge in [0.05, 0.1) is 5.56 Å². The van der Waals surface area contributed by atoms with Crippen molar-refractivity contribution in [3.63, 3.8) is 0 Å². The molecule has 18 heavy (non-hydrogen) atoms. The zero-order valence-electron chi connectivity index (χ0n) is 10.1. The summed E-state index contributed by atoms with van der Waals surface area (Å²) < 4.78 is 0.833. The van der Waals surface area contributed by atoms with Gasteiger partial charge in [0, 0.05) is 35.3 Å². The maximum Gasteiger partial charge on any atom is 0.255 e. The summed E-state index contributed by atoms with van der Waals surface area (Å²) in [5.41, 5.74) is 0.644. The maximum atomic E-state index is 12.5. The molecule has 2 rings (SSSR count). The summed E-state index contributed by atoms with van der Waals surface area (Å²) in [6.45, 7) is 0.826. The average molecular weight is 332 g/mol. The van der Waals surface area contributed by atoms with E-state index in [0.717, 1.165) is 30.3 Å². The second-order valence-corrected chi connectivity index (χ2v) is 5.81. The predicted molar refractivity (Wildman–Crippen MR) is 75.9 cm³/mol. The van der Waals surface area contributed by atoms with Gasteiger partial charge in [-0.2, -0.15) is 0 Å². The fourth-order valence-corrected chi connectivity index (χ4v) is 3.01. The fraction of sp³-hybridized carbons (Fsp3) is 0.538. The first-order valence-electron chi connectivity index (χ1n) is 6.20. The van der Waals surface area contributed by atoms with Crippen LogP contribution in [0.3, 0.4) is 0 Å². The zero-order valence-corrected chi connectivity index (χ0v) is 12.5. The van der Waals surface area contributed by atoms with Crippen LogP contribution in [0.4, 0.5) is 0 Å². The number of carbonyl (C=O) groups is 1. The summed E-state index contributed by atoms with van der Waals surface area (Å²) in [7, 11) is 0. The van der Waals surface area contributed by atoms with Gasteiger partial charge in [0.1, 0.15) is 0 Å². The van der Waals surface area contributed by atoms with Crippen LogP contribution in [-0.4, -0.2) is 34.3 Å². The van der Waals surface area contributed by atoms with Crippen molar-refractivity contribution in [3.8, 4) is 0 Å². The van der Waals surface area contributed by atoms with Gasteiger partial charge >= 0.3 is 0 Å². The molecule has 3 nitrogen and oxygen atoms in total. The largest absolute Gasteiger partial charge is 0.336 e. The Hall–Kier alpha value is -0.610. The molecule has 1 aromatic heterocycles. The van der Waals surface area contributed by atoms with Crippen LogP contribution in [0.15, 0.2) is 22.9 Å². The fourth-order valence-electron chi connectivity index (χ4n) is 2.39. The van der Waals surface area contributed by atoms with Gasteiger partial charge in [0.15, 0.2) is 0 Å². The van der Waals surface area contributed by atoms with Crippen LogP contribution in [0, 0.1) is 0 Å². The molecule has 1 aliphatic heterocycles. The number of piperidine rings is 1. The molecule has 0 aliphatic carbocycles. The molecule has 5 heteroatoms. The highest BCUT2D eigenvalue weighted by Gasteiger charge is 2.27. The third kappa shape index (κ3) is 3.23. The molecule has 1 unspecified atom stereocenters. The minimum atomic E-state index is 0.0682. The van der Waals surface area contributed by atoms with Gasteiger partial charge in [-0.1, -0.05) is 0 Å². The van der Waals surface area contributed by atoms with E-state index in [1.165, 1.54) is 6.42 Å². The summed E-state index contributed by atoms with van der Waals surface area (Å²) in [6.07, 6.45) is 7.49. The molecule has 0 bridgehead atoms. The van der Waals surface area contributed by atoms with Crippen molar-refractivity contribution in [2.45, 2.75) is 31.7 Å². The smallest absolute Gasteiger partial charge is 0.255 e. The number of alkyl halides is 1. The first kappa shape index (κ1) is 13.8. The van der Waals surface area contributed by atoms with Gasteiger partial charge in [-0.3, -0.25) is 9.78 Å². The third-order valence-corrected chi connectivity index (χ3v) is 3.93. The average Bonchev–Trinajstić information content (AvgIpc) is 2.39. The van der Waals surface area contributed by atoms with Crippen molar-refractivity contribution < 1.29 is 4.79 Å². The Kier molecular flexibility index (Phi) is 5.01. The van der Waals surface area contributed by atoms with Crippen LogP contribution in [-0.2, 0) is 0 Å². The molecule has 98 valence electrons. The summed E-state index contributed by atoms with van der Waals surface area (Å²) >= 11 is 9.16. The Bertz CT molecular complexity index is 425. The lowest BCUT2D eigenvalue weighted by atomic mass is 9.99. The van der Waals surface area contributed by atoms with Gasteiger partial charge in [-0.05, 0) is 47.7 Å². The second kappa shape index (κ2) is 6.53. The molecule has 0 spiro atoms. The molecule has 1 aliphatic rings. The van der Waals surface area contributed by atoms with Gasteiger partial charge in [0.2, 0.25) is 0 Å². The highest BCUT2D eigenvalue weighted by molar-refractivity contribution is 9.10. The first-order chi connectivity index (χ1) is 8.72. The normalized spacial score (nSPS) is 19.9. The molecule has 0 N–H and O–H groups in total. The molecular formula is C13H16BrClN2O. The van der Waals surface area contributed by atoms with E-state index in [-0.39, 0.29) is 11.9 Å². The first-order valence-corrected chi connectivity index (χ1v) is 7.52. The number of carbonyl (C=O) groups excluding carboxylic acids is 1. The number of halogens is 2. The van der Waals surface area contributed by atoms with E-state index in [2.05, 4.69) is 20.9 Å². The zero-order chi connectivity index (χ0) is 13.0. The monoisotopic (exact) mass is 330 g/mol.